The average Bonchev–Trinajstić information content (AvgIpc) is 2.90. The van der Waals surface area contributed by atoms with Crippen molar-refractivity contribution in [3.05, 3.63) is 57.0 Å². The van der Waals surface area contributed by atoms with Gasteiger partial charge in [0.1, 0.15) is 11.2 Å². The molecule has 2 nitrogen and oxygen atoms in total. The maximum absolute atomic E-state index is 13.8. The van der Waals surface area contributed by atoms with Crippen LogP contribution in [-0.4, -0.2) is 16.6 Å². The first-order chi connectivity index (χ1) is 10.1. The minimum Gasteiger partial charge on any atom is -0.321 e. The normalized spacial score (nSPS) is 19.0. The number of hydrogen-bond donors (Lipinski definition) is 0. The fourth-order valence-corrected chi connectivity index (χ4v) is 4.83. The summed E-state index contributed by atoms with van der Waals surface area (Å²) in [4.78, 5) is 15.0. The van der Waals surface area contributed by atoms with Gasteiger partial charge in [0.2, 0.25) is 5.91 Å². The van der Waals surface area contributed by atoms with E-state index in [1.54, 1.807) is 34.9 Å². The number of rotatable bonds is 3. The summed E-state index contributed by atoms with van der Waals surface area (Å²) in [6, 6.07) is 10.4. The van der Waals surface area contributed by atoms with E-state index in [0.29, 0.717) is 22.9 Å². The van der Waals surface area contributed by atoms with Crippen molar-refractivity contribution in [1.29, 1.82) is 0 Å². The summed E-state index contributed by atoms with van der Waals surface area (Å²) in [5.74, 6) is 0.572. The smallest absolute Gasteiger partial charge is 0.224 e. The molecule has 1 amide bonds. The average molecular weight is 342 g/mol. The molecule has 110 valence electrons. The third-order valence-corrected chi connectivity index (χ3v) is 6.03. The Balaban J connectivity index is 1.88. The standard InChI is InChI=1S/C15H13ClFNOS2/c16-13-6-5-12(21-13)15-18(14(19)7-8-20-15)9-10-3-1-2-4-11(10)17/h1-6,15H,7-9H2. The van der Waals surface area contributed by atoms with Gasteiger partial charge in [-0.3, -0.25) is 4.79 Å². The molecule has 1 aromatic heterocycles. The number of hydrogen-bond acceptors (Lipinski definition) is 3. The van der Waals surface area contributed by atoms with Crippen LogP contribution in [0.1, 0.15) is 22.2 Å². The van der Waals surface area contributed by atoms with Gasteiger partial charge in [-0.05, 0) is 18.2 Å². The molecule has 0 N–H and O–H groups in total. The predicted octanol–water partition coefficient (Wildman–Crippen LogP) is 4.70. The van der Waals surface area contributed by atoms with Gasteiger partial charge in [0.25, 0.3) is 0 Å². The summed E-state index contributed by atoms with van der Waals surface area (Å²) >= 11 is 9.17. The Morgan fingerprint density at radius 2 is 2.10 bits per heavy atom. The highest BCUT2D eigenvalue weighted by Gasteiger charge is 2.31. The summed E-state index contributed by atoms with van der Waals surface area (Å²) < 4.78 is 14.5. The van der Waals surface area contributed by atoms with Gasteiger partial charge in [0.15, 0.2) is 0 Å². The highest BCUT2D eigenvalue weighted by molar-refractivity contribution is 7.99. The number of nitrogens with zero attached hydrogens (tertiary/aromatic N) is 1. The molecule has 0 spiro atoms. The molecular formula is C15H13ClFNOS2. The maximum Gasteiger partial charge on any atom is 0.224 e. The van der Waals surface area contributed by atoms with Crippen LogP contribution in [0.4, 0.5) is 4.39 Å². The van der Waals surface area contributed by atoms with Crippen LogP contribution in [0.2, 0.25) is 4.34 Å². The molecule has 0 radical (unpaired) electrons. The Morgan fingerprint density at radius 1 is 1.29 bits per heavy atom. The molecule has 1 aliphatic heterocycles. The second-order valence-corrected chi connectivity index (χ2v) is 7.66. The summed E-state index contributed by atoms with van der Waals surface area (Å²) in [6.07, 6.45) is 0.495. The minimum absolute atomic E-state index is 0.0616. The molecule has 1 aromatic carbocycles. The van der Waals surface area contributed by atoms with Gasteiger partial charge in [-0.15, -0.1) is 23.1 Å². The molecule has 1 fully saturated rings. The van der Waals surface area contributed by atoms with Crippen molar-refractivity contribution >= 4 is 40.6 Å². The van der Waals surface area contributed by atoms with Crippen LogP contribution < -0.4 is 0 Å². The lowest BCUT2D eigenvalue weighted by atomic mass is 10.2. The topological polar surface area (TPSA) is 20.3 Å². The van der Waals surface area contributed by atoms with Gasteiger partial charge >= 0.3 is 0 Å². The van der Waals surface area contributed by atoms with Crippen LogP contribution in [-0.2, 0) is 11.3 Å². The quantitative estimate of drug-likeness (QED) is 0.806. The Hall–Kier alpha value is -1.04. The van der Waals surface area contributed by atoms with Gasteiger partial charge in [-0.2, -0.15) is 0 Å². The van der Waals surface area contributed by atoms with Crippen LogP contribution in [0.5, 0.6) is 0 Å². The molecule has 6 heteroatoms. The molecule has 1 aliphatic rings. The van der Waals surface area contributed by atoms with Crippen molar-refractivity contribution in [2.75, 3.05) is 5.75 Å². The highest BCUT2D eigenvalue weighted by Crippen LogP contribution is 2.42. The molecule has 2 heterocycles. The first-order valence-corrected chi connectivity index (χ1v) is 8.79. The van der Waals surface area contributed by atoms with E-state index in [-0.39, 0.29) is 17.1 Å². The van der Waals surface area contributed by atoms with Gasteiger partial charge in [0.05, 0.1) is 10.9 Å². The van der Waals surface area contributed by atoms with Crippen LogP contribution in [0.15, 0.2) is 36.4 Å². The first kappa shape index (κ1) is 14.9. The zero-order chi connectivity index (χ0) is 14.8. The lowest BCUT2D eigenvalue weighted by Crippen LogP contribution is -2.36. The van der Waals surface area contributed by atoms with E-state index in [1.807, 2.05) is 12.1 Å². The van der Waals surface area contributed by atoms with Gasteiger partial charge in [0, 0.05) is 22.6 Å². The van der Waals surface area contributed by atoms with Crippen LogP contribution in [0.3, 0.4) is 0 Å². The van der Waals surface area contributed by atoms with Crippen molar-refractivity contribution in [3.63, 3.8) is 0 Å². The fourth-order valence-electron chi connectivity index (χ4n) is 2.30. The third-order valence-electron chi connectivity index (χ3n) is 3.33. The number of thiophene rings is 1. The monoisotopic (exact) mass is 341 g/mol. The molecular weight excluding hydrogens is 329 g/mol. The summed E-state index contributed by atoms with van der Waals surface area (Å²) in [5.41, 5.74) is 0.543. The maximum atomic E-state index is 13.8. The Bertz CT molecular complexity index is 661. The Kier molecular flexibility index (Phi) is 4.52. The molecule has 1 saturated heterocycles. The number of halogens is 2. The van der Waals surface area contributed by atoms with Crippen molar-refractivity contribution in [1.82, 2.24) is 4.90 Å². The van der Waals surface area contributed by atoms with E-state index in [9.17, 15) is 9.18 Å². The molecule has 0 aliphatic carbocycles. The number of carbonyl (C=O) groups excluding carboxylic acids is 1. The zero-order valence-electron chi connectivity index (χ0n) is 11.1. The van der Waals surface area contributed by atoms with E-state index < -0.39 is 0 Å². The Labute approximate surface area is 135 Å². The fraction of sp³-hybridized carbons (Fsp3) is 0.267. The molecule has 1 unspecified atom stereocenters. The van der Waals surface area contributed by atoms with E-state index in [4.69, 9.17) is 11.6 Å². The lowest BCUT2D eigenvalue weighted by molar-refractivity contribution is -0.132. The molecule has 21 heavy (non-hydrogen) atoms. The van der Waals surface area contributed by atoms with Crippen LogP contribution in [0, 0.1) is 5.82 Å². The van der Waals surface area contributed by atoms with E-state index in [2.05, 4.69) is 0 Å². The number of amides is 1. The van der Waals surface area contributed by atoms with Crippen molar-refractivity contribution < 1.29 is 9.18 Å². The van der Waals surface area contributed by atoms with Crippen molar-refractivity contribution in [3.8, 4) is 0 Å². The summed E-state index contributed by atoms with van der Waals surface area (Å²) in [7, 11) is 0. The van der Waals surface area contributed by atoms with Crippen molar-refractivity contribution in [2.24, 2.45) is 0 Å². The second-order valence-electron chi connectivity index (χ2n) is 4.73. The van der Waals surface area contributed by atoms with E-state index in [1.165, 1.54) is 17.4 Å². The number of thioether (sulfide) groups is 1. The van der Waals surface area contributed by atoms with E-state index >= 15 is 0 Å². The molecule has 3 rings (SSSR count). The van der Waals surface area contributed by atoms with Crippen LogP contribution >= 0.6 is 34.7 Å². The zero-order valence-corrected chi connectivity index (χ0v) is 13.5. The minimum atomic E-state index is -0.274. The molecule has 1 atom stereocenters. The Morgan fingerprint density at radius 3 is 2.81 bits per heavy atom. The predicted molar refractivity (Wildman–Crippen MR) is 86.1 cm³/mol. The largest absolute Gasteiger partial charge is 0.321 e. The lowest BCUT2D eigenvalue weighted by Gasteiger charge is -2.34. The first-order valence-electron chi connectivity index (χ1n) is 6.55. The molecule has 0 bridgehead atoms. The van der Waals surface area contributed by atoms with Crippen molar-refractivity contribution in [2.45, 2.75) is 18.3 Å². The number of benzene rings is 1. The molecule has 0 saturated carbocycles. The molecule has 2 aromatic rings. The third kappa shape index (κ3) is 3.25. The van der Waals surface area contributed by atoms with Gasteiger partial charge < -0.3 is 4.90 Å². The highest BCUT2D eigenvalue weighted by atomic mass is 35.5. The van der Waals surface area contributed by atoms with Crippen LogP contribution in [0.25, 0.3) is 0 Å². The van der Waals surface area contributed by atoms with E-state index in [0.717, 1.165) is 10.6 Å². The summed E-state index contributed by atoms with van der Waals surface area (Å²) in [6.45, 7) is 0.290. The summed E-state index contributed by atoms with van der Waals surface area (Å²) in [5, 5.41) is -0.0802. The van der Waals surface area contributed by atoms with Gasteiger partial charge in [-0.1, -0.05) is 29.8 Å². The second kappa shape index (κ2) is 6.38. The SMILES string of the molecule is O=C1CCSC(c2ccc(Cl)s2)N1Cc1ccccc1F. The number of carbonyl (C=O) groups is 1. The van der Waals surface area contributed by atoms with Gasteiger partial charge in [-0.25, -0.2) is 4.39 Å².